The molecule has 0 aliphatic heterocycles. The smallest absolute Gasteiger partial charge is 0.397 e. The highest BCUT2D eigenvalue weighted by atomic mass is 19.4. The molecule has 0 aromatic heterocycles. The minimum absolute atomic E-state index is 0.307. The second-order valence-electron chi connectivity index (χ2n) is 4.70. The molecular formula is C14H18F3NO2. The largest absolute Gasteiger partial charge is 0.497 e. The van der Waals surface area contributed by atoms with Gasteiger partial charge in [-0.3, -0.25) is 4.79 Å². The Morgan fingerprint density at radius 1 is 1.30 bits per heavy atom. The molecule has 1 aromatic rings. The molecule has 0 bridgehead atoms. The van der Waals surface area contributed by atoms with Crippen molar-refractivity contribution in [2.24, 2.45) is 0 Å². The van der Waals surface area contributed by atoms with Crippen molar-refractivity contribution >= 4 is 5.91 Å². The number of halogens is 3. The van der Waals surface area contributed by atoms with Gasteiger partial charge in [0.1, 0.15) is 12.2 Å². The summed E-state index contributed by atoms with van der Waals surface area (Å²) in [7, 11) is 2.95. The summed E-state index contributed by atoms with van der Waals surface area (Å²) in [5, 5.41) is 0. The lowest BCUT2D eigenvalue weighted by Gasteiger charge is -2.25. The summed E-state index contributed by atoms with van der Waals surface area (Å²) in [5.41, 5.74) is 0.935. The number of hydrogen-bond donors (Lipinski definition) is 0. The van der Waals surface area contributed by atoms with Crippen LogP contribution in [0.1, 0.15) is 18.9 Å². The number of benzene rings is 1. The van der Waals surface area contributed by atoms with Gasteiger partial charge in [-0.25, -0.2) is 0 Å². The summed E-state index contributed by atoms with van der Waals surface area (Å²) in [6.07, 6.45) is -5.40. The molecule has 0 heterocycles. The maximum atomic E-state index is 12.2. The zero-order chi connectivity index (χ0) is 15.3. The average molecular weight is 289 g/mol. The molecule has 1 rings (SSSR count). The summed E-state index contributed by atoms with van der Waals surface area (Å²) in [4.78, 5) is 12.6. The van der Waals surface area contributed by atoms with E-state index in [1.54, 1.807) is 26.2 Å². The van der Waals surface area contributed by atoms with Gasteiger partial charge in [0.15, 0.2) is 0 Å². The van der Waals surface area contributed by atoms with Gasteiger partial charge in [-0.15, -0.1) is 0 Å². The first-order valence-corrected chi connectivity index (χ1v) is 6.18. The Morgan fingerprint density at radius 3 is 2.30 bits per heavy atom. The first-order valence-electron chi connectivity index (χ1n) is 6.18. The molecule has 0 aliphatic carbocycles. The van der Waals surface area contributed by atoms with Crippen molar-refractivity contribution in [2.45, 2.75) is 32.0 Å². The van der Waals surface area contributed by atoms with E-state index in [0.717, 1.165) is 10.5 Å². The summed E-state index contributed by atoms with van der Waals surface area (Å²) in [6, 6.07) is 6.91. The molecule has 0 unspecified atom stereocenters. The SMILES string of the molecule is COc1ccc(C[C@@H](C)N(C)C(=O)CC(F)(F)F)cc1. The topological polar surface area (TPSA) is 29.5 Å². The van der Waals surface area contributed by atoms with Gasteiger partial charge in [0, 0.05) is 13.1 Å². The first kappa shape index (κ1) is 16.3. The van der Waals surface area contributed by atoms with E-state index in [9.17, 15) is 18.0 Å². The number of hydrogen-bond acceptors (Lipinski definition) is 2. The quantitative estimate of drug-likeness (QED) is 0.834. The van der Waals surface area contributed by atoms with Gasteiger partial charge in [-0.05, 0) is 31.0 Å². The number of likely N-dealkylation sites (N-methyl/N-ethyl adjacent to an activating group) is 1. The number of rotatable bonds is 5. The minimum Gasteiger partial charge on any atom is -0.497 e. The van der Waals surface area contributed by atoms with Crippen molar-refractivity contribution in [2.75, 3.05) is 14.2 Å². The molecular weight excluding hydrogens is 271 g/mol. The molecule has 112 valence electrons. The molecule has 0 saturated carbocycles. The first-order chi connectivity index (χ1) is 9.23. The van der Waals surface area contributed by atoms with Crippen molar-refractivity contribution in [3.05, 3.63) is 29.8 Å². The van der Waals surface area contributed by atoms with E-state index in [4.69, 9.17) is 4.74 Å². The minimum atomic E-state index is -4.47. The lowest BCUT2D eigenvalue weighted by molar-refractivity contribution is -0.161. The van der Waals surface area contributed by atoms with Crippen LogP contribution < -0.4 is 4.74 Å². The Hall–Kier alpha value is -1.72. The van der Waals surface area contributed by atoms with E-state index < -0.39 is 18.5 Å². The molecule has 0 saturated heterocycles. The van der Waals surface area contributed by atoms with Crippen LogP contribution in [-0.2, 0) is 11.2 Å². The van der Waals surface area contributed by atoms with Crippen LogP contribution in [-0.4, -0.2) is 37.2 Å². The summed E-state index contributed by atoms with van der Waals surface area (Å²) >= 11 is 0. The third-order valence-electron chi connectivity index (χ3n) is 3.10. The van der Waals surface area contributed by atoms with Gasteiger partial charge in [0.25, 0.3) is 0 Å². The number of amides is 1. The highest BCUT2D eigenvalue weighted by molar-refractivity contribution is 5.76. The third kappa shape index (κ3) is 5.11. The van der Waals surface area contributed by atoms with Gasteiger partial charge in [0.05, 0.1) is 7.11 Å². The van der Waals surface area contributed by atoms with Gasteiger partial charge in [-0.1, -0.05) is 12.1 Å². The molecule has 6 heteroatoms. The maximum absolute atomic E-state index is 12.2. The fraction of sp³-hybridized carbons (Fsp3) is 0.500. The van der Waals surface area contributed by atoms with Crippen LogP contribution in [0.25, 0.3) is 0 Å². The number of nitrogens with zero attached hydrogens (tertiary/aromatic N) is 1. The van der Waals surface area contributed by atoms with Gasteiger partial charge in [-0.2, -0.15) is 13.2 Å². The van der Waals surface area contributed by atoms with E-state index in [1.165, 1.54) is 7.05 Å². The van der Waals surface area contributed by atoms with Gasteiger partial charge < -0.3 is 9.64 Å². The van der Waals surface area contributed by atoms with Crippen LogP contribution in [0.2, 0.25) is 0 Å². The number of carbonyl (C=O) groups is 1. The molecule has 0 radical (unpaired) electrons. The second kappa shape index (κ2) is 6.63. The molecule has 3 nitrogen and oxygen atoms in total. The van der Waals surface area contributed by atoms with Crippen molar-refractivity contribution in [3.63, 3.8) is 0 Å². The monoisotopic (exact) mass is 289 g/mol. The predicted molar refractivity (Wildman–Crippen MR) is 69.6 cm³/mol. The molecule has 20 heavy (non-hydrogen) atoms. The Balaban J connectivity index is 2.60. The highest BCUT2D eigenvalue weighted by Crippen LogP contribution is 2.21. The molecule has 0 spiro atoms. The van der Waals surface area contributed by atoms with Crippen molar-refractivity contribution in [1.82, 2.24) is 4.90 Å². The maximum Gasteiger partial charge on any atom is 0.397 e. The molecule has 0 N–H and O–H groups in total. The van der Waals surface area contributed by atoms with Gasteiger partial charge in [0.2, 0.25) is 5.91 Å². The summed E-state index contributed by atoms with van der Waals surface area (Å²) in [5.74, 6) is -0.207. The van der Waals surface area contributed by atoms with Crippen LogP contribution >= 0.6 is 0 Å². The Kier molecular flexibility index (Phi) is 5.42. The highest BCUT2D eigenvalue weighted by Gasteiger charge is 2.33. The number of ether oxygens (including phenoxy) is 1. The number of carbonyl (C=O) groups excluding carboxylic acids is 1. The van der Waals surface area contributed by atoms with Crippen LogP contribution in [0.4, 0.5) is 13.2 Å². The zero-order valence-corrected chi connectivity index (χ0v) is 11.7. The molecule has 1 amide bonds. The summed E-state index contributed by atoms with van der Waals surface area (Å²) < 4.78 is 41.6. The van der Waals surface area contributed by atoms with Crippen LogP contribution in [0.15, 0.2) is 24.3 Å². The Morgan fingerprint density at radius 2 is 1.85 bits per heavy atom. The molecule has 0 aliphatic rings. The molecule has 1 atom stereocenters. The van der Waals surface area contributed by atoms with E-state index in [2.05, 4.69) is 0 Å². The van der Waals surface area contributed by atoms with Gasteiger partial charge >= 0.3 is 6.18 Å². The van der Waals surface area contributed by atoms with E-state index in [-0.39, 0.29) is 6.04 Å². The average Bonchev–Trinajstić information content (AvgIpc) is 2.36. The Bertz CT molecular complexity index is 443. The van der Waals surface area contributed by atoms with E-state index in [0.29, 0.717) is 12.2 Å². The standard InChI is InChI=1S/C14H18F3NO2/c1-10(18(2)13(19)9-14(15,16)17)8-11-4-6-12(20-3)7-5-11/h4-7,10H,8-9H2,1-3H3/t10-/m1/s1. The lowest BCUT2D eigenvalue weighted by Crippen LogP contribution is -2.38. The molecule has 1 aromatic carbocycles. The second-order valence-corrected chi connectivity index (χ2v) is 4.70. The fourth-order valence-electron chi connectivity index (χ4n) is 1.78. The fourth-order valence-corrected chi connectivity index (χ4v) is 1.78. The van der Waals surface area contributed by atoms with Crippen molar-refractivity contribution in [3.8, 4) is 5.75 Å². The normalized spacial score (nSPS) is 12.9. The predicted octanol–water partition coefficient (Wildman–Crippen LogP) is 3.04. The van der Waals surface area contributed by atoms with Crippen LogP contribution in [0.3, 0.4) is 0 Å². The lowest BCUT2D eigenvalue weighted by atomic mass is 10.1. The zero-order valence-electron chi connectivity index (χ0n) is 11.7. The number of methoxy groups -OCH3 is 1. The van der Waals surface area contributed by atoms with Crippen LogP contribution in [0.5, 0.6) is 5.75 Å². The van der Waals surface area contributed by atoms with Crippen molar-refractivity contribution in [1.29, 1.82) is 0 Å². The van der Waals surface area contributed by atoms with Crippen molar-refractivity contribution < 1.29 is 22.7 Å². The van der Waals surface area contributed by atoms with E-state index >= 15 is 0 Å². The summed E-state index contributed by atoms with van der Waals surface area (Å²) in [6.45, 7) is 1.72. The molecule has 0 fully saturated rings. The third-order valence-corrected chi connectivity index (χ3v) is 3.10. The van der Waals surface area contributed by atoms with Crippen LogP contribution in [0, 0.1) is 0 Å². The van der Waals surface area contributed by atoms with E-state index in [1.807, 2.05) is 12.1 Å². The number of alkyl halides is 3. The Labute approximate surface area is 116 Å².